The molecular formula is C7H5BrN8. The molecule has 2 N–H and O–H groups in total. The maximum Gasteiger partial charge on any atom is 0.199 e. The molecule has 3 rings (SSSR count). The average Bonchev–Trinajstić information content (AvgIpc) is 2.85. The van der Waals surface area contributed by atoms with Crippen molar-refractivity contribution in [1.29, 1.82) is 0 Å². The molecule has 0 unspecified atom stereocenters. The third-order valence-electron chi connectivity index (χ3n) is 2.02. The van der Waals surface area contributed by atoms with Crippen LogP contribution in [-0.2, 0) is 0 Å². The first-order valence-electron chi connectivity index (χ1n) is 4.29. The monoisotopic (exact) mass is 280 g/mol. The molecule has 0 atom stereocenters. The lowest BCUT2D eigenvalue weighted by atomic mass is 10.6. The second kappa shape index (κ2) is 3.23. The van der Waals surface area contributed by atoms with E-state index in [1.165, 1.54) is 4.52 Å². The molecule has 0 fully saturated rings. The van der Waals surface area contributed by atoms with Crippen molar-refractivity contribution in [2.24, 2.45) is 0 Å². The number of rotatable bonds is 1. The zero-order valence-electron chi connectivity index (χ0n) is 7.82. The highest BCUT2D eigenvalue weighted by atomic mass is 79.9. The van der Waals surface area contributed by atoms with Gasteiger partial charge in [0.15, 0.2) is 17.3 Å². The molecule has 8 nitrogen and oxygen atoms in total. The van der Waals surface area contributed by atoms with Gasteiger partial charge in [-0.05, 0) is 26.4 Å². The summed E-state index contributed by atoms with van der Waals surface area (Å²) in [5.74, 6) is 1.00. The summed E-state index contributed by atoms with van der Waals surface area (Å²) in [5, 5.41) is 15.3. The summed E-state index contributed by atoms with van der Waals surface area (Å²) in [5.41, 5.74) is 6.18. The van der Waals surface area contributed by atoms with Gasteiger partial charge >= 0.3 is 0 Å². The highest BCUT2D eigenvalue weighted by molar-refractivity contribution is 9.10. The Morgan fingerprint density at radius 3 is 2.94 bits per heavy atom. The minimum absolute atomic E-state index is 0.394. The van der Waals surface area contributed by atoms with Crippen LogP contribution in [0.25, 0.3) is 11.5 Å². The number of fused-ring (bicyclic) bond motifs is 1. The summed E-state index contributed by atoms with van der Waals surface area (Å²) in [6.07, 6.45) is 4.88. The fraction of sp³-hybridized carbons (Fsp3) is 0. The quantitative estimate of drug-likeness (QED) is 0.676. The first-order valence-corrected chi connectivity index (χ1v) is 5.08. The predicted octanol–water partition coefficient (Wildman–Crippen LogP) is 0.0497. The van der Waals surface area contributed by atoms with Crippen LogP contribution < -0.4 is 5.73 Å². The van der Waals surface area contributed by atoms with E-state index in [-0.39, 0.29) is 0 Å². The number of nitrogens with two attached hydrogens (primary N) is 1. The molecular weight excluding hydrogens is 276 g/mol. The van der Waals surface area contributed by atoms with Crippen LogP contribution in [0.3, 0.4) is 0 Å². The van der Waals surface area contributed by atoms with Crippen LogP contribution in [0.1, 0.15) is 0 Å². The molecule has 3 heterocycles. The molecule has 0 aliphatic rings. The zero-order chi connectivity index (χ0) is 11.1. The van der Waals surface area contributed by atoms with Crippen LogP contribution in [0, 0.1) is 0 Å². The molecule has 0 aliphatic carbocycles. The molecule has 9 heteroatoms. The number of nitrogens with zero attached hydrogens (tertiary/aromatic N) is 7. The van der Waals surface area contributed by atoms with Gasteiger partial charge in [-0.15, -0.1) is 10.2 Å². The molecule has 0 saturated carbocycles. The van der Waals surface area contributed by atoms with E-state index in [1.807, 2.05) is 0 Å². The van der Waals surface area contributed by atoms with Crippen molar-refractivity contribution in [1.82, 2.24) is 34.8 Å². The molecule has 0 aliphatic heterocycles. The Morgan fingerprint density at radius 2 is 2.19 bits per heavy atom. The van der Waals surface area contributed by atoms with E-state index in [0.717, 1.165) is 0 Å². The minimum atomic E-state index is 0.394. The second-order valence-electron chi connectivity index (χ2n) is 3.02. The summed E-state index contributed by atoms with van der Waals surface area (Å²) in [7, 11) is 0. The van der Waals surface area contributed by atoms with Crippen molar-refractivity contribution < 1.29 is 0 Å². The third kappa shape index (κ3) is 1.25. The molecule has 80 valence electrons. The number of nitrogen functional groups attached to an aromatic ring is 1. The number of anilines is 1. The molecule has 0 bridgehead atoms. The number of hydrogen-bond donors (Lipinski definition) is 1. The lowest BCUT2D eigenvalue weighted by Crippen LogP contribution is -2.05. The van der Waals surface area contributed by atoms with E-state index in [4.69, 9.17) is 5.73 Å². The van der Waals surface area contributed by atoms with Crippen LogP contribution in [-0.4, -0.2) is 34.8 Å². The normalized spacial score (nSPS) is 11.1. The van der Waals surface area contributed by atoms with Crippen molar-refractivity contribution in [3.05, 3.63) is 23.1 Å². The maximum absolute atomic E-state index is 5.64. The first kappa shape index (κ1) is 9.21. The van der Waals surface area contributed by atoms with Crippen molar-refractivity contribution in [2.45, 2.75) is 0 Å². The first-order chi connectivity index (χ1) is 7.75. The van der Waals surface area contributed by atoms with Crippen LogP contribution in [0.15, 0.2) is 23.1 Å². The molecule has 0 radical (unpaired) electrons. The Balaban J connectivity index is 2.29. The van der Waals surface area contributed by atoms with Gasteiger partial charge in [-0.1, -0.05) is 0 Å². The summed E-state index contributed by atoms with van der Waals surface area (Å²) in [6.45, 7) is 0. The largest absolute Gasteiger partial charge is 0.381 e. The molecule has 3 aromatic rings. The van der Waals surface area contributed by atoms with Crippen LogP contribution >= 0.6 is 15.9 Å². The minimum Gasteiger partial charge on any atom is -0.381 e. The summed E-state index contributed by atoms with van der Waals surface area (Å²) in [6, 6.07) is 0. The van der Waals surface area contributed by atoms with Gasteiger partial charge in [0.2, 0.25) is 0 Å². The fourth-order valence-corrected chi connectivity index (χ4v) is 1.58. The maximum atomic E-state index is 5.64. The molecule has 0 aromatic carbocycles. The smallest absolute Gasteiger partial charge is 0.199 e. The van der Waals surface area contributed by atoms with E-state index in [0.29, 0.717) is 21.8 Å². The number of halogens is 1. The lowest BCUT2D eigenvalue weighted by Gasteiger charge is -2.00. The zero-order valence-corrected chi connectivity index (χ0v) is 9.40. The molecule has 16 heavy (non-hydrogen) atoms. The Morgan fingerprint density at radius 1 is 1.31 bits per heavy atom. The summed E-state index contributed by atoms with van der Waals surface area (Å²) < 4.78 is 3.78. The van der Waals surface area contributed by atoms with Crippen LogP contribution in [0.2, 0.25) is 0 Å². The third-order valence-corrected chi connectivity index (χ3v) is 2.63. The van der Waals surface area contributed by atoms with E-state index >= 15 is 0 Å². The Bertz CT molecular complexity index is 636. The summed E-state index contributed by atoms with van der Waals surface area (Å²) in [4.78, 5) is 4.02. The SMILES string of the molecule is Nc1nn(-c2cncc3nnnn23)cc1Br. The average molecular weight is 281 g/mol. The Labute approximate surface area is 97.2 Å². The van der Waals surface area contributed by atoms with Crippen molar-refractivity contribution in [3.8, 4) is 5.82 Å². The van der Waals surface area contributed by atoms with E-state index in [9.17, 15) is 0 Å². The topological polar surface area (TPSA) is 99.8 Å². The van der Waals surface area contributed by atoms with Crippen molar-refractivity contribution >= 4 is 27.4 Å². The van der Waals surface area contributed by atoms with Crippen molar-refractivity contribution in [2.75, 3.05) is 5.73 Å². The Kier molecular flexibility index (Phi) is 1.86. The number of hydrogen-bond acceptors (Lipinski definition) is 6. The van der Waals surface area contributed by atoms with E-state index < -0.39 is 0 Å². The van der Waals surface area contributed by atoms with Gasteiger partial charge in [-0.2, -0.15) is 4.52 Å². The van der Waals surface area contributed by atoms with Gasteiger partial charge in [0.25, 0.3) is 0 Å². The standard InChI is InChI=1S/C7H5BrN8/c8-4-3-15(12-7(4)9)6-2-10-1-5-11-13-14-16(5)6/h1-3H,(H2,9,12). The van der Waals surface area contributed by atoms with Crippen LogP contribution in [0.4, 0.5) is 5.82 Å². The Hall–Kier alpha value is -2.03. The van der Waals surface area contributed by atoms with Gasteiger partial charge < -0.3 is 5.73 Å². The van der Waals surface area contributed by atoms with Gasteiger partial charge in [0.1, 0.15) is 0 Å². The molecule has 3 aromatic heterocycles. The van der Waals surface area contributed by atoms with Gasteiger partial charge in [-0.25, -0.2) is 4.68 Å². The van der Waals surface area contributed by atoms with Crippen LogP contribution in [0.5, 0.6) is 0 Å². The van der Waals surface area contributed by atoms with E-state index in [1.54, 1.807) is 23.3 Å². The second-order valence-corrected chi connectivity index (χ2v) is 3.88. The molecule has 0 amide bonds. The lowest BCUT2D eigenvalue weighted by molar-refractivity contribution is 0.747. The van der Waals surface area contributed by atoms with Gasteiger partial charge in [0.05, 0.1) is 16.9 Å². The molecule has 0 spiro atoms. The van der Waals surface area contributed by atoms with E-state index in [2.05, 4.69) is 41.5 Å². The van der Waals surface area contributed by atoms with Gasteiger partial charge in [0, 0.05) is 6.20 Å². The molecule has 0 saturated heterocycles. The van der Waals surface area contributed by atoms with Gasteiger partial charge in [-0.3, -0.25) is 4.98 Å². The predicted molar refractivity (Wildman–Crippen MR) is 57.8 cm³/mol. The number of tetrazole rings is 1. The highest BCUT2D eigenvalue weighted by Gasteiger charge is 2.09. The van der Waals surface area contributed by atoms with Crippen molar-refractivity contribution in [3.63, 3.8) is 0 Å². The fourth-order valence-electron chi connectivity index (χ4n) is 1.30. The summed E-state index contributed by atoms with van der Waals surface area (Å²) >= 11 is 3.28. The highest BCUT2D eigenvalue weighted by Crippen LogP contribution is 2.18. The number of aromatic nitrogens is 7.